The Hall–Kier alpha value is -1.25. The highest BCUT2D eigenvalue weighted by molar-refractivity contribution is 5.48. The number of ether oxygens (including phenoxy) is 1. The number of nitrogens with one attached hydrogen (secondary N) is 1. The van der Waals surface area contributed by atoms with Crippen molar-refractivity contribution < 1.29 is 9.13 Å². The molecule has 112 valence electrons. The molecule has 1 saturated carbocycles. The summed E-state index contributed by atoms with van der Waals surface area (Å²) in [5, 5.41) is 3.53. The third-order valence-electron chi connectivity index (χ3n) is 4.38. The molecule has 0 aromatic heterocycles. The Morgan fingerprint density at radius 1 is 1.20 bits per heavy atom. The van der Waals surface area contributed by atoms with Gasteiger partial charge in [-0.1, -0.05) is 33.6 Å². The molecule has 0 aliphatic heterocycles. The van der Waals surface area contributed by atoms with Crippen molar-refractivity contribution in [2.45, 2.75) is 52.5 Å². The van der Waals surface area contributed by atoms with Crippen molar-refractivity contribution in [1.82, 2.24) is 0 Å². The molecule has 1 aromatic carbocycles. The number of rotatable bonds is 3. The molecular formula is C17H26FNO. The topological polar surface area (TPSA) is 21.3 Å². The molecule has 2 rings (SSSR count). The molecule has 0 amide bonds. The lowest BCUT2D eigenvalue weighted by atomic mass is 9.69. The van der Waals surface area contributed by atoms with Crippen LogP contribution in [0.25, 0.3) is 0 Å². The van der Waals surface area contributed by atoms with Crippen LogP contribution in [0.3, 0.4) is 0 Å². The van der Waals surface area contributed by atoms with E-state index in [-0.39, 0.29) is 11.2 Å². The van der Waals surface area contributed by atoms with Crippen LogP contribution in [0, 0.1) is 17.2 Å². The lowest BCUT2D eigenvalue weighted by Crippen LogP contribution is -2.39. The SMILES string of the molecule is COc1ccc(NC2CCCCC2C(C)(C)C)cc1F. The summed E-state index contributed by atoms with van der Waals surface area (Å²) in [4.78, 5) is 0. The molecule has 0 bridgehead atoms. The summed E-state index contributed by atoms with van der Waals surface area (Å²) in [6.45, 7) is 6.89. The number of hydrogen-bond acceptors (Lipinski definition) is 2. The van der Waals surface area contributed by atoms with E-state index < -0.39 is 0 Å². The monoisotopic (exact) mass is 279 g/mol. The largest absolute Gasteiger partial charge is 0.494 e. The van der Waals surface area contributed by atoms with E-state index in [1.54, 1.807) is 6.07 Å². The molecule has 1 fully saturated rings. The van der Waals surface area contributed by atoms with Crippen molar-refractivity contribution >= 4 is 5.69 Å². The zero-order chi connectivity index (χ0) is 14.8. The highest BCUT2D eigenvalue weighted by atomic mass is 19.1. The molecular weight excluding hydrogens is 253 g/mol. The van der Waals surface area contributed by atoms with Gasteiger partial charge >= 0.3 is 0 Å². The van der Waals surface area contributed by atoms with E-state index in [0.717, 1.165) is 12.1 Å². The maximum absolute atomic E-state index is 13.8. The smallest absolute Gasteiger partial charge is 0.167 e. The minimum atomic E-state index is -0.305. The summed E-state index contributed by atoms with van der Waals surface area (Å²) in [5.41, 5.74) is 1.13. The van der Waals surface area contributed by atoms with Crippen molar-refractivity contribution in [3.63, 3.8) is 0 Å². The highest BCUT2D eigenvalue weighted by Gasteiger charge is 2.34. The number of benzene rings is 1. The van der Waals surface area contributed by atoms with Crippen LogP contribution in [-0.2, 0) is 0 Å². The first-order chi connectivity index (χ1) is 9.41. The van der Waals surface area contributed by atoms with Crippen LogP contribution in [0.5, 0.6) is 5.75 Å². The lowest BCUT2D eigenvalue weighted by Gasteiger charge is -2.41. The number of methoxy groups -OCH3 is 1. The molecule has 1 N–H and O–H groups in total. The average molecular weight is 279 g/mol. The van der Waals surface area contributed by atoms with Gasteiger partial charge in [-0.25, -0.2) is 4.39 Å². The molecule has 2 unspecified atom stereocenters. The van der Waals surface area contributed by atoms with Gasteiger partial charge in [0.1, 0.15) is 0 Å². The maximum atomic E-state index is 13.8. The normalized spacial score (nSPS) is 23.4. The van der Waals surface area contributed by atoms with E-state index in [4.69, 9.17) is 4.74 Å². The van der Waals surface area contributed by atoms with Gasteiger partial charge in [0.25, 0.3) is 0 Å². The Balaban J connectivity index is 2.12. The van der Waals surface area contributed by atoms with E-state index >= 15 is 0 Å². The minimum Gasteiger partial charge on any atom is -0.494 e. The molecule has 1 aliphatic carbocycles. The average Bonchev–Trinajstić information content (AvgIpc) is 2.38. The van der Waals surface area contributed by atoms with Gasteiger partial charge in [0.15, 0.2) is 11.6 Å². The zero-order valence-electron chi connectivity index (χ0n) is 13.0. The van der Waals surface area contributed by atoms with Crippen LogP contribution in [0.15, 0.2) is 18.2 Å². The third kappa shape index (κ3) is 3.44. The molecule has 2 atom stereocenters. The molecule has 0 spiro atoms. The van der Waals surface area contributed by atoms with Crippen LogP contribution in [0.4, 0.5) is 10.1 Å². The second kappa shape index (κ2) is 6.02. The molecule has 20 heavy (non-hydrogen) atoms. The van der Waals surface area contributed by atoms with Crippen molar-refractivity contribution in [2.24, 2.45) is 11.3 Å². The molecule has 2 nitrogen and oxygen atoms in total. The second-order valence-electron chi connectivity index (χ2n) is 6.86. The van der Waals surface area contributed by atoms with E-state index in [9.17, 15) is 4.39 Å². The molecule has 0 saturated heterocycles. The standard InChI is InChI=1S/C17H26FNO/c1-17(2,3)13-7-5-6-8-15(13)19-12-9-10-16(20-4)14(18)11-12/h9-11,13,15,19H,5-8H2,1-4H3. The molecule has 3 heteroatoms. The summed E-state index contributed by atoms with van der Waals surface area (Å²) < 4.78 is 18.7. The van der Waals surface area contributed by atoms with Crippen LogP contribution < -0.4 is 10.1 Å². The first-order valence-electron chi connectivity index (χ1n) is 7.52. The number of anilines is 1. The van der Waals surface area contributed by atoms with Crippen molar-refractivity contribution in [2.75, 3.05) is 12.4 Å². The van der Waals surface area contributed by atoms with E-state index in [1.165, 1.54) is 32.4 Å². The van der Waals surface area contributed by atoms with Gasteiger partial charge in [0.05, 0.1) is 7.11 Å². The Labute approximate surface area is 121 Å². The van der Waals surface area contributed by atoms with Gasteiger partial charge in [-0.05, 0) is 36.3 Å². The predicted octanol–water partition coefficient (Wildman–Crippen LogP) is 4.85. The highest BCUT2D eigenvalue weighted by Crippen LogP contribution is 2.39. The Bertz CT molecular complexity index is 453. The van der Waals surface area contributed by atoms with Crippen molar-refractivity contribution in [3.8, 4) is 5.75 Å². The summed E-state index contributed by atoms with van der Waals surface area (Å²) in [5.74, 6) is 0.619. The summed E-state index contributed by atoms with van der Waals surface area (Å²) >= 11 is 0. The van der Waals surface area contributed by atoms with Crippen LogP contribution in [-0.4, -0.2) is 13.2 Å². The van der Waals surface area contributed by atoms with Crippen LogP contribution >= 0.6 is 0 Å². The minimum absolute atomic E-state index is 0.281. The fourth-order valence-electron chi connectivity index (χ4n) is 3.31. The zero-order valence-corrected chi connectivity index (χ0v) is 13.0. The van der Waals surface area contributed by atoms with E-state index in [1.807, 2.05) is 6.07 Å². The first kappa shape index (κ1) is 15.1. The van der Waals surface area contributed by atoms with Crippen LogP contribution in [0.2, 0.25) is 0 Å². The van der Waals surface area contributed by atoms with Gasteiger partial charge in [-0.2, -0.15) is 0 Å². The van der Waals surface area contributed by atoms with Crippen molar-refractivity contribution in [3.05, 3.63) is 24.0 Å². The Kier molecular flexibility index (Phi) is 4.56. The van der Waals surface area contributed by atoms with Crippen LogP contribution in [0.1, 0.15) is 46.5 Å². The summed E-state index contributed by atoms with van der Waals surface area (Å²) in [6.07, 6.45) is 4.97. The quantitative estimate of drug-likeness (QED) is 0.854. The molecule has 1 aromatic rings. The summed E-state index contributed by atoms with van der Waals surface area (Å²) in [7, 11) is 1.49. The first-order valence-corrected chi connectivity index (χ1v) is 7.52. The van der Waals surface area contributed by atoms with E-state index in [2.05, 4.69) is 26.1 Å². The van der Waals surface area contributed by atoms with Crippen molar-refractivity contribution in [1.29, 1.82) is 0 Å². The van der Waals surface area contributed by atoms with Gasteiger partial charge < -0.3 is 10.1 Å². The molecule has 0 radical (unpaired) electrons. The number of hydrogen-bond donors (Lipinski definition) is 1. The van der Waals surface area contributed by atoms with Gasteiger partial charge in [-0.15, -0.1) is 0 Å². The summed E-state index contributed by atoms with van der Waals surface area (Å²) in [6, 6.07) is 5.55. The number of halogens is 1. The van der Waals surface area contributed by atoms with Gasteiger partial charge in [-0.3, -0.25) is 0 Å². The predicted molar refractivity (Wildman–Crippen MR) is 81.8 cm³/mol. The fraction of sp³-hybridized carbons (Fsp3) is 0.647. The van der Waals surface area contributed by atoms with Gasteiger partial charge in [0.2, 0.25) is 0 Å². The van der Waals surface area contributed by atoms with Gasteiger partial charge in [0, 0.05) is 17.8 Å². The molecule has 1 aliphatic rings. The fourth-order valence-corrected chi connectivity index (χ4v) is 3.31. The van der Waals surface area contributed by atoms with E-state index in [0.29, 0.717) is 17.7 Å². The molecule has 0 heterocycles. The Morgan fingerprint density at radius 3 is 2.50 bits per heavy atom. The maximum Gasteiger partial charge on any atom is 0.167 e. The third-order valence-corrected chi connectivity index (χ3v) is 4.38. The second-order valence-corrected chi connectivity index (χ2v) is 6.86. The lowest BCUT2D eigenvalue weighted by molar-refractivity contribution is 0.163. The Morgan fingerprint density at radius 2 is 1.90 bits per heavy atom.